The monoisotopic (exact) mass is 292 g/mol. The number of aliphatic hydroxyl groups is 4. The second kappa shape index (κ2) is 9.65. The summed E-state index contributed by atoms with van der Waals surface area (Å²) in [5.74, 6) is 0. The van der Waals surface area contributed by atoms with Crippen molar-refractivity contribution in [3.05, 3.63) is 0 Å². The summed E-state index contributed by atoms with van der Waals surface area (Å²) in [4.78, 5) is 0. The summed E-state index contributed by atoms with van der Waals surface area (Å²) in [6.45, 7) is 2.17. The fraction of sp³-hybridized carbons (Fsp3) is 1.00. The molecule has 0 aromatic rings. The Kier molecular flexibility index (Phi) is 8.60. The molecule has 6 nitrogen and oxygen atoms in total. The van der Waals surface area contributed by atoms with Crippen LogP contribution in [0.5, 0.6) is 0 Å². The highest BCUT2D eigenvalue weighted by Crippen LogP contribution is 2.22. The first-order chi connectivity index (χ1) is 9.61. The molecule has 1 aliphatic rings. The molecule has 0 aromatic carbocycles. The molecule has 0 amide bonds. The minimum Gasteiger partial charge on any atom is -0.394 e. The van der Waals surface area contributed by atoms with E-state index in [0.29, 0.717) is 6.61 Å². The molecule has 1 rings (SSSR count). The molecule has 0 aromatic heterocycles. The minimum absolute atomic E-state index is 0.425. The smallest absolute Gasteiger partial charge is 0.186 e. The number of unbranched alkanes of at least 4 members (excludes halogenated alkanes) is 5. The third-order valence-corrected chi connectivity index (χ3v) is 3.63. The number of aliphatic hydroxyl groups excluding tert-OH is 4. The van der Waals surface area contributed by atoms with E-state index >= 15 is 0 Å². The zero-order chi connectivity index (χ0) is 15.0. The van der Waals surface area contributed by atoms with Crippen LogP contribution in [0.4, 0.5) is 0 Å². The summed E-state index contributed by atoms with van der Waals surface area (Å²) in [6, 6.07) is 0. The number of hydrogen-bond acceptors (Lipinski definition) is 6. The number of ether oxygens (including phenoxy) is 2. The summed E-state index contributed by atoms with van der Waals surface area (Å²) >= 11 is 0. The van der Waals surface area contributed by atoms with Crippen LogP contribution < -0.4 is 0 Å². The maximum Gasteiger partial charge on any atom is 0.186 e. The first-order valence-electron chi connectivity index (χ1n) is 7.54. The Morgan fingerprint density at radius 2 is 1.55 bits per heavy atom. The molecule has 0 bridgehead atoms. The average Bonchev–Trinajstić information content (AvgIpc) is 2.46. The molecule has 1 fully saturated rings. The van der Waals surface area contributed by atoms with E-state index in [4.69, 9.17) is 14.6 Å². The highest BCUT2D eigenvalue weighted by atomic mass is 16.7. The third kappa shape index (κ3) is 5.27. The van der Waals surface area contributed by atoms with Crippen LogP contribution in [0.15, 0.2) is 0 Å². The normalized spacial score (nSPS) is 34.4. The van der Waals surface area contributed by atoms with E-state index in [9.17, 15) is 15.3 Å². The van der Waals surface area contributed by atoms with E-state index in [2.05, 4.69) is 6.92 Å². The lowest BCUT2D eigenvalue weighted by Gasteiger charge is -2.39. The lowest BCUT2D eigenvalue weighted by atomic mass is 9.99. The Hall–Kier alpha value is -0.240. The fourth-order valence-electron chi connectivity index (χ4n) is 2.29. The second-order valence-electron chi connectivity index (χ2n) is 5.34. The van der Waals surface area contributed by atoms with Crippen molar-refractivity contribution < 1.29 is 29.9 Å². The van der Waals surface area contributed by atoms with Crippen LogP contribution in [-0.4, -0.2) is 64.3 Å². The van der Waals surface area contributed by atoms with Crippen molar-refractivity contribution >= 4 is 0 Å². The predicted octanol–water partition coefficient (Wildman–Crippen LogP) is 0.163. The summed E-state index contributed by atoms with van der Waals surface area (Å²) in [5.41, 5.74) is 0. The van der Waals surface area contributed by atoms with E-state index in [-0.39, 0.29) is 0 Å². The molecule has 6 heteroatoms. The van der Waals surface area contributed by atoms with Gasteiger partial charge in [0.2, 0.25) is 0 Å². The van der Waals surface area contributed by atoms with Gasteiger partial charge in [0.25, 0.3) is 0 Å². The maximum absolute atomic E-state index is 9.75. The standard InChI is InChI=1S/C14H28O6/c1-2-3-4-5-6-7-8-19-14-13(18)12(17)11(16)10(9-15)20-14/h10-18H,2-9H2,1H3/t10-,11-,12+,13+,14?/m1/s1. The summed E-state index contributed by atoms with van der Waals surface area (Å²) < 4.78 is 10.6. The zero-order valence-corrected chi connectivity index (χ0v) is 12.1. The molecule has 1 saturated heterocycles. The molecule has 120 valence electrons. The van der Waals surface area contributed by atoms with Crippen molar-refractivity contribution in [2.24, 2.45) is 0 Å². The van der Waals surface area contributed by atoms with E-state index < -0.39 is 37.3 Å². The van der Waals surface area contributed by atoms with E-state index in [0.717, 1.165) is 19.3 Å². The van der Waals surface area contributed by atoms with Gasteiger partial charge in [-0.2, -0.15) is 0 Å². The minimum atomic E-state index is -1.37. The Morgan fingerprint density at radius 1 is 0.900 bits per heavy atom. The quantitative estimate of drug-likeness (QED) is 0.452. The summed E-state index contributed by atoms with van der Waals surface area (Å²) in [5, 5.41) is 38.0. The van der Waals surface area contributed by atoms with Gasteiger partial charge in [-0.25, -0.2) is 0 Å². The van der Waals surface area contributed by atoms with Gasteiger partial charge in [0.15, 0.2) is 6.29 Å². The van der Waals surface area contributed by atoms with Gasteiger partial charge in [0.05, 0.1) is 6.61 Å². The Balaban J connectivity index is 2.21. The maximum atomic E-state index is 9.75. The largest absolute Gasteiger partial charge is 0.394 e. The van der Waals surface area contributed by atoms with Crippen molar-refractivity contribution in [1.29, 1.82) is 0 Å². The molecule has 0 radical (unpaired) electrons. The lowest BCUT2D eigenvalue weighted by molar-refractivity contribution is -0.301. The van der Waals surface area contributed by atoms with Gasteiger partial charge in [0, 0.05) is 6.61 Å². The molecule has 20 heavy (non-hydrogen) atoms. The topological polar surface area (TPSA) is 99.4 Å². The highest BCUT2D eigenvalue weighted by molar-refractivity contribution is 4.88. The molecule has 1 unspecified atom stereocenters. The molecule has 0 saturated carbocycles. The van der Waals surface area contributed by atoms with Crippen molar-refractivity contribution in [2.45, 2.75) is 76.2 Å². The van der Waals surface area contributed by atoms with Gasteiger partial charge in [-0.3, -0.25) is 0 Å². The van der Waals surface area contributed by atoms with Crippen LogP contribution in [0.25, 0.3) is 0 Å². The van der Waals surface area contributed by atoms with Gasteiger partial charge >= 0.3 is 0 Å². The van der Waals surface area contributed by atoms with Crippen LogP contribution in [0.1, 0.15) is 45.4 Å². The van der Waals surface area contributed by atoms with Crippen LogP contribution in [0.2, 0.25) is 0 Å². The molecule has 1 heterocycles. The van der Waals surface area contributed by atoms with Crippen molar-refractivity contribution in [3.8, 4) is 0 Å². The molecule has 5 atom stereocenters. The van der Waals surface area contributed by atoms with Crippen LogP contribution in [0.3, 0.4) is 0 Å². The number of rotatable bonds is 9. The molecule has 0 aliphatic carbocycles. The first-order valence-corrected chi connectivity index (χ1v) is 7.54. The van der Waals surface area contributed by atoms with Crippen molar-refractivity contribution in [3.63, 3.8) is 0 Å². The lowest BCUT2D eigenvalue weighted by Crippen LogP contribution is -2.59. The second-order valence-corrected chi connectivity index (χ2v) is 5.34. The Bertz CT molecular complexity index is 248. The predicted molar refractivity (Wildman–Crippen MR) is 73.1 cm³/mol. The van der Waals surface area contributed by atoms with E-state index in [1.807, 2.05) is 0 Å². The van der Waals surface area contributed by atoms with Crippen LogP contribution >= 0.6 is 0 Å². The van der Waals surface area contributed by atoms with Crippen LogP contribution in [-0.2, 0) is 9.47 Å². The van der Waals surface area contributed by atoms with Gasteiger partial charge in [-0.15, -0.1) is 0 Å². The first kappa shape index (κ1) is 17.8. The molecule has 0 spiro atoms. The number of hydrogen-bond donors (Lipinski definition) is 4. The molecular formula is C14H28O6. The summed E-state index contributed by atoms with van der Waals surface area (Å²) in [6.07, 6.45) is 0.851. The third-order valence-electron chi connectivity index (χ3n) is 3.63. The van der Waals surface area contributed by atoms with Gasteiger partial charge in [-0.05, 0) is 6.42 Å². The zero-order valence-electron chi connectivity index (χ0n) is 12.1. The molecule has 4 N–H and O–H groups in total. The Labute approximate surface area is 120 Å². The fourth-order valence-corrected chi connectivity index (χ4v) is 2.29. The highest BCUT2D eigenvalue weighted by Gasteiger charge is 2.43. The molecular weight excluding hydrogens is 264 g/mol. The van der Waals surface area contributed by atoms with Gasteiger partial charge in [0.1, 0.15) is 24.4 Å². The van der Waals surface area contributed by atoms with E-state index in [1.165, 1.54) is 19.3 Å². The van der Waals surface area contributed by atoms with Crippen molar-refractivity contribution in [2.75, 3.05) is 13.2 Å². The van der Waals surface area contributed by atoms with E-state index in [1.54, 1.807) is 0 Å². The Morgan fingerprint density at radius 3 is 2.20 bits per heavy atom. The average molecular weight is 292 g/mol. The van der Waals surface area contributed by atoms with Gasteiger partial charge < -0.3 is 29.9 Å². The van der Waals surface area contributed by atoms with Gasteiger partial charge in [-0.1, -0.05) is 39.0 Å². The van der Waals surface area contributed by atoms with Crippen molar-refractivity contribution in [1.82, 2.24) is 0 Å². The van der Waals surface area contributed by atoms with Crippen LogP contribution in [0, 0.1) is 0 Å². The SMILES string of the molecule is CCCCCCCCOC1O[C@H](CO)[C@@H](O)[C@H](O)[C@@H]1O. The molecule has 1 aliphatic heterocycles. The summed E-state index contributed by atoms with van der Waals surface area (Å²) in [7, 11) is 0.